The van der Waals surface area contributed by atoms with Gasteiger partial charge in [0.15, 0.2) is 0 Å². The van der Waals surface area contributed by atoms with Crippen LogP contribution in [0, 0.1) is 0 Å². The molecular weight excluding hydrogens is 210 g/mol. The number of anilines is 2. The summed E-state index contributed by atoms with van der Waals surface area (Å²) in [5, 5.41) is 0. The second kappa shape index (κ2) is 3.63. The van der Waals surface area contributed by atoms with Crippen LogP contribution in [0.15, 0.2) is 47.5 Å². The molecule has 1 aliphatic rings. The molecule has 2 aromatic carbocycles. The fraction of sp³-hybridized carbons (Fsp3) is 0.0714. The first-order valence-corrected chi connectivity index (χ1v) is 5.54. The molecule has 4 N–H and O–H groups in total. The second-order valence-corrected chi connectivity index (χ2v) is 4.25. The van der Waals surface area contributed by atoms with E-state index in [9.17, 15) is 0 Å². The molecule has 1 aliphatic heterocycles. The van der Waals surface area contributed by atoms with Crippen LogP contribution in [-0.2, 0) is 6.42 Å². The highest BCUT2D eigenvalue weighted by molar-refractivity contribution is 6.07. The van der Waals surface area contributed by atoms with Crippen LogP contribution >= 0.6 is 0 Å². The van der Waals surface area contributed by atoms with E-state index in [2.05, 4.69) is 11.1 Å². The number of hydrogen-bond donors (Lipinski definition) is 2. The molecule has 0 saturated heterocycles. The Bertz CT molecular complexity index is 594. The number of aliphatic imine (C=N–C) groups is 1. The minimum Gasteiger partial charge on any atom is -0.399 e. The molecule has 0 aliphatic carbocycles. The summed E-state index contributed by atoms with van der Waals surface area (Å²) in [6, 6.07) is 13.7. The smallest absolute Gasteiger partial charge is 0.0669 e. The average molecular weight is 223 g/mol. The van der Waals surface area contributed by atoms with Crippen molar-refractivity contribution in [3.8, 4) is 0 Å². The van der Waals surface area contributed by atoms with Gasteiger partial charge in [0.2, 0.25) is 0 Å². The topological polar surface area (TPSA) is 64.4 Å². The standard InChI is InChI=1S/C14H13N3/c15-11-5-10(6-12(16)8-11)14-7-9-3-1-2-4-13(9)17-14/h1-6,8H,7,15-16H2. The maximum Gasteiger partial charge on any atom is 0.0669 e. The van der Waals surface area contributed by atoms with Crippen molar-refractivity contribution in [3.63, 3.8) is 0 Å². The van der Waals surface area contributed by atoms with Gasteiger partial charge >= 0.3 is 0 Å². The predicted molar refractivity (Wildman–Crippen MR) is 71.6 cm³/mol. The SMILES string of the molecule is Nc1cc(N)cc(C2=Nc3ccccc3C2)c1. The summed E-state index contributed by atoms with van der Waals surface area (Å²) in [5.41, 5.74) is 17.3. The zero-order chi connectivity index (χ0) is 11.8. The van der Waals surface area contributed by atoms with Crippen LogP contribution in [-0.4, -0.2) is 5.71 Å². The van der Waals surface area contributed by atoms with E-state index >= 15 is 0 Å². The van der Waals surface area contributed by atoms with Crippen LogP contribution in [0.2, 0.25) is 0 Å². The molecule has 0 aromatic heterocycles. The van der Waals surface area contributed by atoms with Crippen LogP contribution in [0.5, 0.6) is 0 Å². The van der Waals surface area contributed by atoms with Gasteiger partial charge in [0.25, 0.3) is 0 Å². The Morgan fingerprint density at radius 3 is 2.35 bits per heavy atom. The Morgan fingerprint density at radius 1 is 0.941 bits per heavy atom. The van der Waals surface area contributed by atoms with Crippen molar-refractivity contribution in [2.24, 2.45) is 4.99 Å². The van der Waals surface area contributed by atoms with Crippen molar-refractivity contribution in [1.29, 1.82) is 0 Å². The number of hydrogen-bond acceptors (Lipinski definition) is 3. The number of para-hydroxylation sites is 1. The molecule has 3 heteroatoms. The van der Waals surface area contributed by atoms with Crippen molar-refractivity contribution in [1.82, 2.24) is 0 Å². The van der Waals surface area contributed by atoms with Crippen molar-refractivity contribution >= 4 is 22.8 Å². The minimum atomic E-state index is 0.679. The third-order valence-electron chi connectivity index (χ3n) is 2.92. The molecule has 0 fully saturated rings. The van der Waals surface area contributed by atoms with Gasteiger partial charge in [0, 0.05) is 23.4 Å². The zero-order valence-corrected chi connectivity index (χ0v) is 9.35. The van der Waals surface area contributed by atoms with Crippen molar-refractivity contribution in [2.45, 2.75) is 6.42 Å². The number of nitrogens with zero attached hydrogens (tertiary/aromatic N) is 1. The van der Waals surface area contributed by atoms with Gasteiger partial charge in [-0.1, -0.05) is 18.2 Å². The first-order valence-electron chi connectivity index (χ1n) is 5.54. The molecule has 3 rings (SSSR count). The highest BCUT2D eigenvalue weighted by atomic mass is 14.8. The maximum atomic E-state index is 5.80. The van der Waals surface area contributed by atoms with Crippen LogP contribution < -0.4 is 11.5 Å². The highest BCUT2D eigenvalue weighted by Crippen LogP contribution is 2.29. The molecule has 2 aromatic rings. The Labute approximate surface area is 99.8 Å². The molecule has 3 nitrogen and oxygen atoms in total. The lowest BCUT2D eigenvalue weighted by Crippen LogP contribution is -2.02. The summed E-state index contributed by atoms with van der Waals surface area (Å²) in [6.07, 6.45) is 0.846. The van der Waals surface area contributed by atoms with E-state index in [1.807, 2.05) is 30.3 Å². The lowest BCUT2D eigenvalue weighted by molar-refractivity contribution is 1.39. The molecule has 0 atom stereocenters. The summed E-state index contributed by atoms with van der Waals surface area (Å²) < 4.78 is 0. The van der Waals surface area contributed by atoms with Crippen molar-refractivity contribution < 1.29 is 0 Å². The van der Waals surface area contributed by atoms with Gasteiger partial charge in [0.1, 0.15) is 0 Å². The summed E-state index contributed by atoms with van der Waals surface area (Å²) in [7, 11) is 0. The number of rotatable bonds is 1. The van der Waals surface area contributed by atoms with Crippen LogP contribution in [0.3, 0.4) is 0 Å². The van der Waals surface area contributed by atoms with Crippen molar-refractivity contribution in [3.05, 3.63) is 53.6 Å². The first kappa shape index (κ1) is 9.90. The largest absolute Gasteiger partial charge is 0.399 e. The number of benzene rings is 2. The van der Waals surface area contributed by atoms with Crippen LogP contribution in [0.25, 0.3) is 0 Å². The zero-order valence-electron chi connectivity index (χ0n) is 9.35. The summed E-state index contributed by atoms with van der Waals surface area (Å²) in [6.45, 7) is 0. The average Bonchev–Trinajstić information content (AvgIpc) is 2.71. The molecular formula is C14H13N3. The van der Waals surface area contributed by atoms with E-state index in [1.54, 1.807) is 6.07 Å². The molecule has 0 amide bonds. The molecule has 0 spiro atoms. The van der Waals surface area contributed by atoms with Gasteiger partial charge in [-0.05, 0) is 29.8 Å². The summed E-state index contributed by atoms with van der Waals surface area (Å²) >= 11 is 0. The molecule has 0 saturated carbocycles. The summed E-state index contributed by atoms with van der Waals surface area (Å²) in [5.74, 6) is 0. The summed E-state index contributed by atoms with van der Waals surface area (Å²) in [4.78, 5) is 4.61. The Kier molecular flexibility index (Phi) is 2.11. The molecule has 0 radical (unpaired) electrons. The maximum absolute atomic E-state index is 5.80. The Morgan fingerprint density at radius 2 is 1.65 bits per heavy atom. The van der Waals surface area contributed by atoms with E-state index < -0.39 is 0 Å². The second-order valence-electron chi connectivity index (χ2n) is 4.25. The third-order valence-corrected chi connectivity index (χ3v) is 2.92. The molecule has 84 valence electrons. The predicted octanol–water partition coefficient (Wildman–Crippen LogP) is 2.53. The number of nitrogen functional groups attached to an aromatic ring is 2. The van der Waals surface area contributed by atoms with Gasteiger partial charge in [-0.2, -0.15) is 0 Å². The highest BCUT2D eigenvalue weighted by Gasteiger charge is 2.15. The van der Waals surface area contributed by atoms with Gasteiger partial charge in [0.05, 0.1) is 11.4 Å². The minimum absolute atomic E-state index is 0.679. The molecule has 0 unspecified atom stereocenters. The lowest BCUT2D eigenvalue weighted by atomic mass is 10.0. The van der Waals surface area contributed by atoms with Gasteiger partial charge in [-0.3, -0.25) is 4.99 Å². The fourth-order valence-corrected chi connectivity index (χ4v) is 2.14. The van der Waals surface area contributed by atoms with E-state index in [4.69, 9.17) is 11.5 Å². The third kappa shape index (κ3) is 1.76. The molecule has 17 heavy (non-hydrogen) atoms. The number of fused-ring (bicyclic) bond motifs is 1. The quantitative estimate of drug-likeness (QED) is 0.729. The van der Waals surface area contributed by atoms with E-state index in [0.29, 0.717) is 11.4 Å². The van der Waals surface area contributed by atoms with Crippen LogP contribution in [0.1, 0.15) is 11.1 Å². The van der Waals surface area contributed by atoms with Gasteiger partial charge < -0.3 is 11.5 Å². The van der Waals surface area contributed by atoms with Gasteiger partial charge in [-0.15, -0.1) is 0 Å². The molecule has 0 bridgehead atoms. The lowest BCUT2D eigenvalue weighted by Gasteiger charge is -2.04. The van der Waals surface area contributed by atoms with Crippen molar-refractivity contribution in [2.75, 3.05) is 11.5 Å². The fourth-order valence-electron chi connectivity index (χ4n) is 2.14. The van der Waals surface area contributed by atoms with E-state index in [0.717, 1.165) is 23.4 Å². The van der Waals surface area contributed by atoms with E-state index in [1.165, 1.54) is 5.56 Å². The monoisotopic (exact) mass is 223 g/mol. The van der Waals surface area contributed by atoms with Gasteiger partial charge in [-0.25, -0.2) is 0 Å². The normalized spacial score (nSPS) is 13.3. The van der Waals surface area contributed by atoms with E-state index in [-0.39, 0.29) is 0 Å². The first-order chi connectivity index (χ1) is 8.22. The molecule has 1 heterocycles. The number of nitrogens with two attached hydrogens (primary N) is 2. The van der Waals surface area contributed by atoms with Crippen LogP contribution in [0.4, 0.5) is 17.1 Å². The Hall–Kier alpha value is -2.29. The Balaban J connectivity index is 2.03.